The standard InChI is InChI=1S/C17H13Cl2N3O4/c1-24-13-6-3-9(7-14(13)25-2)15(23)20-17-22-21-16(26-17)11-5-4-10(18)8-12(11)19/h3-8H,1-2H3,(H,20,22,23). The topological polar surface area (TPSA) is 86.5 Å². The molecule has 1 heterocycles. The van der Waals surface area contributed by atoms with E-state index in [4.69, 9.17) is 37.1 Å². The first-order chi connectivity index (χ1) is 12.5. The summed E-state index contributed by atoms with van der Waals surface area (Å²) in [6, 6.07) is 9.55. The van der Waals surface area contributed by atoms with Gasteiger partial charge in [-0.05, 0) is 36.4 Å². The van der Waals surface area contributed by atoms with E-state index in [0.717, 1.165) is 0 Å². The number of ether oxygens (including phenoxy) is 2. The van der Waals surface area contributed by atoms with Gasteiger partial charge in [-0.2, -0.15) is 0 Å². The van der Waals surface area contributed by atoms with Gasteiger partial charge in [-0.15, -0.1) is 5.10 Å². The van der Waals surface area contributed by atoms with Crippen molar-refractivity contribution in [2.45, 2.75) is 0 Å². The van der Waals surface area contributed by atoms with Crippen LogP contribution in [0.2, 0.25) is 10.0 Å². The van der Waals surface area contributed by atoms with Crippen molar-refractivity contribution in [3.63, 3.8) is 0 Å². The van der Waals surface area contributed by atoms with Crippen LogP contribution in [0.5, 0.6) is 11.5 Å². The minimum Gasteiger partial charge on any atom is -0.493 e. The van der Waals surface area contributed by atoms with Gasteiger partial charge in [-0.3, -0.25) is 10.1 Å². The fraction of sp³-hybridized carbons (Fsp3) is 0.118. The van der Waals surface area contributed by atoms with E-state index >= 15 is 0 Å². The molecule has 2 aromatic carbocycles. The molecule has 0 bridgehead atoms. The number of rotatable bonds is 5. The zero-order valence-corrected chi connectivity index (χ0v) is 15.3. The molecule has 1 N–H and O–H groups in total. The van der Waals surface area contributed by atoms with Crippen molar-refractivity contribution >= 4 is 35.1 Å². The summed E-state index contributed by atoms with van der Waals surface area (Å²) in [5.41, 5.74) is 0.849. The Kier molecular flexibility index (Phi) is 5.29. The first kappa shape index (κ1) is 18.0. The van der Waals surface area contributed by atoms with Crippen LogP contribution in [0.15, 0.2) is 40.8 Å². The van der Waals surface area contributed by atoms with Crippen molar-refractivity contribution in [3.8, 4) is 23.0 Å². The van der Waals surface area contributed by atoms with Crippen molar-refractivity contribution in [3.05, 3.63) is 52.0 Å². The summed E-state index contributed by atoms with van der Waals surface area (Å²) in [4.78, 5) is 12.4. The molecule has 9 heteroatoms. The van der Waals surface area contributed by atoms with Crippen LogP contribution in [0.4, 0.5) is 6.01 Å². The summed E-state index contributed by atoms with van der Waals surface area (Å²) in [7, 11) is 3.00. The van der Waals surface area contributed by atoms with Crippen LogP contribution in [0.1, 0.15) is 10.4 Å². The summed E-state index contributed by atoms with van der Waals surface area (Å²) < 4.78 is 15.8. The summed E-state index contributed by atoms with van der Waals surface area (Å²) >= 11 is 12.0. The summed E-state index contributed by atoms with van der Waals surface area (Å²) in [6.07, 6.45) is 0. The minimum absolute atomic E-state index is 0.0641. The number of carbonyl (C=O) groups is 1. The molecule has 0 spiro atoms. The quantitative estimate of drug-likeness (QED) is 0.694. The van der Waals surface area contributed by atoms with Gasteiger partial charge in [0, 0.05) is 10.6 Å². The molecule has 0 unspecified atom stereocenters. The van der Waals surface area contributed by atoms with Gasteiger partial charge in [-0.25, -0.2) is 0 Å². The average Bonchev–Trinajstić information content (AvgIpc) is 3.09. The zero-order valence-electron chi connectivity index (χ0n) is 13.7. The summed E-state index contributed by atoms with van der Waals surface area (Å²) in [5, 5.41) is 11.1. The molecular formula is C17H13Cl2N3O4. The second-order valence-corrected chi connectivity index (χ2v) is 5.90. The van der Waals surface area contributed by atoms with Gasteiger partial charge in [0.1, 0.15) is 0 Å². The molecule has 1 amide bonds. The van der Waals surface area contributed by atoms with Gasteiger partial charge in [-0.1, -0.05) is 28.3 Å². The number of carbonyl (C=O) groups excluding carboxylic acids is 1. The Morgan fingerprint density at radius 2 is 1.81 bits per heavy atom. The fourth-order valence-electron chi connectivity index (χ4n) is 2.19. The van der Waals surface area contributed by atoms with Crippen LogP contribution in [-0.2, 0) is 0 Å². The molecular weight excluding hydrogens is 381 g/mol. The van der Waals surface area contributed by atoms with Crippen LogP contribution < -0.4 is 14.8 Å². The van der Waals surface area contributed by atoms with Crippen molar-refractivity contribution in [1.29, 1.82) is 0 Å². The predicted molar refractivity (Wildman–Crippen MR) is 97.3 cm³/mol. The first-order valence-electron chi connectivity index (χ1n) is 7.34. The van der Waals surface area contributed by atoms with E-state index < -0.39 is 5.91 Å². The summed E-state index contributed by atoms with van der Waals surface area (Å²) in [5.74, 6) is 0.665. The van der Waals surface area contributed by atoms with Crippen molar-refractivity contribution in [2.75, 3.05) is 19.5 Å². The summed E-state index contributed by atoms with van der Waals surface area (Å²) in [6.45, 7) is 0. The molecule has 0 aliphatic rings. The lowest BCUT2D eigenvalue weighted by Gasteiger charge is -2.08. The maximum Gasteiger partial charge on any atom is 0.322 e. The monoisotopic (exact) mass is 393 g/mol. The van der Waals surface area contributed by atoms with E-state index in [1.165, 1.54) is 14.2 Å². The van der Waals surface area contributed by atoms with Crippen molar-refractivity contribution < 1.29 is 18.7 Å². The fourth-order valence-corrected chi connectivity index (χ4v) is 2.68. The van der Waals surface area contributed by atoms with Crippen LogP contribution in [0.25, 0.3) is 11.5 Å². The Morgan fingerprint density at radius 3 is 2.50 bits per heavy atom. The highest BCUT2D eigenvalue weighted by Gasteiger charge is 2.16. The highest BCUT2D eigenvalue weighted by molar-refractivity contribution is 6.36. The smallest absolute Gasteiger partial charge is 0.322 e. The lowest BCUT2D eigenvalue weighted by molar-refractivity contribution is 0.102. The normalized spacial score (nSPS) is 10.5. The molecule has 1 aromatic heterocycles. The molecule has 0 fully saturated rings. The molecule has 0 atom stereocenters. The Morgan fingerprint density at radius 1 is 1.04 bits per heavy atom. The molecule has 0 radical (unpaired) electrons. The van der Waals surface area contributed by atoms with E-state index in [-0.39, 0.29) is 11.9 Å². The van der Waals surface area contributed by atoms with Gasteiger partial charge < -0.3 is 13.9 Å². The van der Waals surface area contributed by atoms with E-state index in [1.807, 2.05) is 0 Å². The Labute approximate surface area is 158 Å². The molecule has 0 aliphatic heterocycles. The number of benzene rings is 2. The molecule has 0 saturated carbocycles. The third-order valence-electron chi connectivity index (χ3n) is 3.45. The molecule has 26 heavy (non-hydrogen) atoms. The van der Waals surface area contributed by atoms with E-state index in [0.29, 0.717) is 32.7 Å². The Bertz CT molecular complexity index is 959. The minimum atomic E-state index is -0.441. The van der Waals surface area contributed by atoms with E-state index in [1.54, 1.807) is 36.4 Å². The van der Waals surface area contributed by atoms with Gasteiger partial charge in [0.05, 0.1) is 24.8 Å². The number of anilines is 1. The molecule has 7 nitrogen and oxygen atoms in total. The molecule has 0 aliphatic carbocycles. The predicted octanol–water partition coefficient (Wildman–Crippen LogP) is 4.31. The molecule has 3 aromatic rings. The number of halogens is 2. The second-order valence-electron chi connectivity index (χ2n) is 5.06. The molecule has 3 rings (SSSR count). The van der Waals surface area contributed by atoms with Crippen LogP contribution in [0, 0.1) is 0 Å². The van der Waals surface area contributed by atoms with E-state index in [9.17, 15) is 4.79 Å². The highest BCUT2D eigenvalue weighted by atomic mass is 35.5. The molecule has 0 saturated heterocycles. The maximum absolute atomic E-state index is 12.4. The SMILES string of the molecule is COc1ccc(C(=O)Nc2nnc(-c3ccc(Cl)cc3Cl)o2)cc1OC. The van der Waals surface area contributed by atoms with Crippen molar-refractivity contribution in [1.82, 2.24) is 10.2 Å². The van der Waals surface area contributed by atoms with Gasteiger partial charge in [0.2, 0.25) is 0 Å². The largest absolute Gasteiger partial charge is 0.493 e. The third-order valence-corrected chi connectivity index (χ3v) is 4.00. The number of nitrogens with zero attached hydrogens (tertiary/aromatic N) is 2. The molecule has 134 valence electrons. The Balaban J connectivity index is 1.79. The van der Waals surface area contributed by atoms with Crippen LogP contribution in [-0.4, -0.2) is 30.3 Å². The van der Waals surface area contributed by atoms with Crippen LogP contribution >= 0.6 is 23.2 Å². The van der Waals surface area contributed by atoms with Gasteiger partial charge in [0.25, 0.3) is 11.8 Å². The number of hydrogen-bond donors (Lipinski definition) is 1. The van der Waals surface area contributed by atoms with Gasteiger partial charge >= 0.3 is 6.01 Å². The number of aromatic nitrogens is 2. The van der Waals surface area contributed by atoms with Crippen molar-refractivity contribution in [2.24, 2.45) is 0 Å². The number of nitrogens with one attached hydrogen (secondary N) is 1. The first-order valence-corrected chi connectivity index (χ1v) is 8.09. The third kappa shape index (κ3) is 3.74. The van der Waals surface area contributed by atoms with Gasteiger partial charge in [0.15, 0.2) is 11.5 Å². The highest BCUT2D eigenvalue weighted by Crippen LogP contribution is 2.31. The maximum atomic E-state index is 12.4. The van der Waals surface area contributed by atoms with Crippen LogP contribution in [0.3, 0.4) is 0 Å². The number of hydrogen-bond acceptors (Lipinski definition) is 6. The average molecular weight is 394 g/mol. The number of amides is 1. The lowest BCUT2D eigenvalue weighted by Crippen LogP contribution is -2.12. The Hall–Kier alpha value is -2.77. The lowest BCUT2D eigenvalue weighted by atomic mass is 10.2. The zero-order chi connectivity index (χ0) is 18.7. The number of methoxy groups -OCH3 is 2. The van der Waals surface area contributed by atoms with E-state index in [2.05, 4.69) is 15.5 Å². The second kappa shape index (κ2) is 7.63.